The third kappa shape index (κ3) is 6.93. The third-order valence-electron chi connectivity index (χ3n) is 10.2. The van der Waals surface area contributed by atoms with Crippen LogP contribution in [0.3, 0.4) is 0 Å². The second-order valence-electron chi connectivity index (χ2n) is 14.3. The number of benzene rings is 5. The molecule has 1 aliphatic heterocycles. The minimum Gasteiger partial charge on any atom is -0.449 e. The number of nitrogens with zero attached hydrogens (tertiary/aromatic N) is 1. The molecular weight excluding hydrogens is 672 g/mol. The molecule has 7 nitrogen and oxygen atoms in total. The van der Waals surface area contributed by atoms with Gasteiger partial charge in [0.25, 0.3) is 0 Å². The number of carbonyl (C=O) groups excluding carboxylic acids is 3. The largest absolute Gasteiger partial charge is 0.449 e. The molecule has 0 aromatic heterocycles. The summed E-state index contributed by atoms with van der Waals surface area (Å²) < 4.78 is 12.4. The molecular formula is C44H41ClN2O5. The Hall–Kier alpha value is -5.40. The first-order valence-corrected chi connectivity index (χ1v) is 18.0. The van der Waals surface area contributed by atoms with E-state index in [0.29, 0.717) is 34.8 Å². The van der Waals surface area contributed by atoms with Crippen molar-refractivity contribution in [2.24, 2.45) is 5.41 Å². The number of carbonyl (C=O) groups is 3. The van der Waals surface area contributed by atoms with Gasteiger partial charge in [-0.15, -0.1) is 0 Å². The van der Waals surface area contributed by atoms with Crippen LogP contribution in [-0.4, -0.2) is 48.6 Å². The standard InChI is InChI=1S/C44H41ClN2O5/c1-43(2)25-26-47(29-43)41(49)39(46-42(50)51-28-36-34-21-11-9-19-32(34)33-20-10-12-22-35(33)36)27-40(48)52-44(30-15-5-3-6-16-30,31-17-7-4-8-18-31)37-23-13-14-24-38(37)45/h3-24,36,39H,25-29H2,1-2H3,(H,46,50)/t39-/m0/s1. The quantitative estimate of drug-likeness (QED) is 0.116. The molecule has 1 saturated heterocycles. The van der Waals surface area contributed by atoms with Gasteiger partial charge in [-0.05, 0) is 40.2 Å². The summed E-state index contributed by atoms with van der Waals surface area (Å²) in [5, 5.41) is 3.17. The van der Waals surface area contributed by atoms with E-state index >= 15 is 0 Å². The normalized spacial score (nSPS) is 15.3. The monoisotopic (exact) mass is 712 g/mol. The highest BCUT2D eigenvalue weighted by atomic mass is 35.5. The van der Waals surface area contributed by atoms with Crippen LogP contribution in [0.5, 0.6) is 0 Å². The Morgan fingerprint density at radius 3 is 1.88 bits per heavy atom. The Bertz CT molecular complexity index is 2000. The molecule has 0 spiro atoms. The highest BCUT2D eigenvalue weighted by molar-refractivity contribution is 6.31. The fourth-order valence-electron chi connectivity index (χ4n) is 7.63. The van der Waals surface area contributed by atoms with E-state index in [1.807, 2.05) is 115 Å². The predicted octanol–water partition coefficient (Wildman–Crippen LogP) is 8.73. The lowest BCUT2D eigenvalue weighted by atomic mass is 9.80. The molecule has 5 aromatic rings. The van der Waals surface area contributed by atoms with E-state index in [2.05, 4.69) is 31.3 Å². The number of nitrogens with one attached hydrogen (secondary N) is 1. The molecule has 7 rings (SSSR count). The van der Waals surface area contributed by atoms with E-state index in [-0.39, 0.29) is 23.8 Å². The van der Waals surface area contributed by atoms with Gasteiger partial charge in [0.15, 0.2) is 5.60 Å². The van der Waals surface area contributed by atoms with E-state index in [0.717, 1.165) is 28.7 Å². The van der Waals surface area contributed by atoms with E-state index in [1.165, 1.54) is 0 Å². The molecule has 1 atom stereocenters. The summed E-state index contributed by atoms with van der Waals surface area (Å²) in [7, 11) is 0. The molecule has 1 N–H and O–H groups in total. The van der Waals surface area contributed by atoms with Gasteiger partial charge >= 0.3 is 12.1 Å². The van der Waals surface area contributed by atoms with E-state index in [9.17, 15) is 14.4 Å². The van der Waals surface area contributed by atoms with Crippen LogP contribution in [0.25, 0.3) is 11.1 Å². The molecule has 264 valence electrons. The molecule has 2 aliphatic rings. The van der Waals surface area contributed by atoms with Gasteiger partial charge in [-0.2, -0.15) is 0 Å². The van der Waals surface area contributed by atoms with Crippen molar-refractivity contribution >= 4 is 29.6 Å². The van der Waals surface area contributed by atoms with Gasteiger partial charge in [0, 0.05) is 40.7 Å². The van der Waals surface area contributed by atoms with Crippen LogP contribution >= 0.6 is 11.6 Å². The number of amides is 2. The number of likely N-dealkylation sites (tertiary alicyclic amines) is 1. The van der Waals surface area contributed by atoms with Crippen LogP contribution < -0.4 is 5.32 Å². The summed E-state index contributed by atoms with van der Waals surface area (Å²) in [6.07, 6.45) is -0.403. The van der Waals surface area contributed by atoms with Crippen molar-refractivity contribution < 1.29 is 23.9 Å². The van der Waals surface area contributed by atoms with E-state index < -0.39 is 30.1 Å². The first-order chi connectivity index (χ1) is 25.2. The number of alkyl carbamates (subject to hydrolysis) is 1. The smallest absolute Gasteiger partial charge is 0.407 e. The molecule has 1 heterocycles. The fourth-order valence-corrected chi connectivity index (χ4v) is 7.89. The fraction of sp³-hybridized carbons (Fsp3) is 0.250. The van der Waals surface area contributed by atoms with Crippen molar-refractivity contribution in [1.29, 1.82) is 0 Å². The van der Waals surface area contributed by atoms with Crippen LogP contribution in [-0.2, 0) is 24.7 Å². The first-order valence-electron chi connectivity index (χ1n) is 17.6. The molecule has 1 fully saturated rings. The molecule has 0 saturated carbocycles. The minimum atomic E-state index is -1.45. The van der Waals surface area contributed by atoms with Gasteiger partial charge in [0.05, 0.1) is 6.42 Å². The second-order valence-corrected chi connectivity index (χ2v) is 14.7. The topological polar surface area (TPSA) is 84.9 Å². The first kappa shape index (κ1) is 35.0. The highest BCUT2D eigenvalue weighted by Gasteiger charge is 2.44. The van der Waals surface area contributed by atoms with Crippen LogP contribution in [0.4, 0.5) is 4.79 Å². The predicted molar refractivity (Wildman–Crippen MR) is 202 cm³/mol. The lowest BCUT2D eigenvalue weighted by molar-refractivity contribution is -0.156. The summed E-state index contributed by atoms with van der Waals surface area (Å²) in [6, 6.07) is 41.0. The van der Waals surface area contributed by atoms with Crippen molar-refractivity contribution in [2.45, 2.75) is 44.2 Å². The zero-order valence-electron chi connectivity index (χ0n) is 29.3. The zero-order valence-corrected chi connectivity index (χ0v) is 30.0. The Labute approximate surface area is 309 Å². The van der Waals surface area contributed by atoms with E-state index in [1.54, 1.807) is 11.0 Å². The number of rotatable bonds is 10. The molecule has 0 radical (unpaired) electrons. The van der Waals surface area contributed by atoms with Crippen molar-refractivity contribution in [2.75, 3.05) is 19.7 Å². The number of esters is 1. The summed E-state index contributed by atoms with van der Waals surface area (Å²) >= 11 is 6.86. The average molecular weight is 713 g/mol. The molecule has 52 heavy (non-hydrogen) atoms. The van der Waals surface area contributed by atoms with Crippen LogP contribution in [0.1, 0.15) is 60.4 Å². The molecule has 1 aliphatic carbocycles. The maximum atomic E-state index is 14.3. The summed E-state index contributed by atoms with van der Waals surface area (Å²) in [6.45, 7) is 5.28. The van der Waals surface area contributed by atoms with Crippen LogP contribution in [0.2, 0.25) is 5.02 Å². The maximum absolute atomic E-state index is 14.3. The van der Waals surface area contributed by atoms with Crippen molar-refractivity contribution in [3.63, 3.8) is 0 Å². The molecule has 0 bridgehead atoms. The second kappa shape index (κ2) is 14.7. The number of hydrogen-bond donors (Lipinski definition) is 1. The Balaban J connectivity index is 1.17. The number of halogens is 1. The minimum absolute atomic E-state index is 0.0690. The Kier molecular flexibility index (Phi) is 9.89. The van der Waals surface area contributed by atoms with Gasteiger partial charge in [-0.3, -0.25) is 9.59 Å². The van der Waals surface area contributed by atoms with Gasteiger partial charge in [-0.25, -0.2) is 4.79 Å². The Morgan fingerprint density at radius 1 is 0.788 bits per heavy atom. The van der Waals surface area contributed by atoms with E-state index in [4.69, 9.17) is 21.1 Å². The van der Waals surface area contributed by atoms with Crippen LogP contribution in [0.15, 0.2) is 133 Å². The summed E-state index contributed by atoms with van der Waals surface area (Å²) in [5.74, 6) is -1.22. The Morgan fingerprint density at radius 2 is 1.33 bits per heavy atom. The average Bonchev–Trinajstić information content (AvgIpc) is 3.69. The van der Waals surface area contributed by atoms with Gasteiger partial charge in [0.2, 0.25) is 5.91 Å². The van der Waals surface area contributed by atoms with Crippen molar-refractivity contribution in [1.82, 2.24) is 10.2 Å². The lowest BCUT2D eigenvalue weighted by Gasteiger charge is -2.36. The maximum Gasteiger partial charge on any atom is 0.407 e. The highest BCUT2D eigenvalue weighted by Crippen LogP contribution is 2.45. The number of ether oxygens (including phenoxy) is 2. The van der Waals surface area contributed by atoms with Crippen LogP contribution in [0, 0.1) is 5.41 Å². The summed E-state index contributed by atoms with van der Waals surface area (Å²) in [4.78, 5) is 43.8. The lowest BCUT2D eigenvalue weighted by Crippen LogP contribution is -2.50. The van der Waals surface area contributed by atoms with Gasteiger partial charge in [-0.1, -0.05) is 153 Å². The van der Waals surface area contributed by atoms with Crippen molar-refractivity contribution in [3.8, 4) is 11.1 Å². The third-order valence-corrected chi connectivity index (χ3v) is 10.5. The summed E-state index contributed by atoms with van der Waals surface area (Å²) in [5.41, 5.74) is 4.74. The van der Waals surface area contributed by atoms with Gasteiger partial charge in [0.1, 0.15) is 12.6 Å². The van der Waals surface area contributed by atoms with Crippen molar-refractivity contribution in [3.05, 3.63) is 166 Å². The molecule has 8 heteroatoms. The molecule has 0 unspecified atom stereocenters. The molecule has 2 amide bonds. The number of fused-ring (bicyclic) bond motifs is 3. The SMILES string of the molecule is CC1(C)CCN(C(=O)[C@H](CC(=O)OC(c2ccccc2)(c2ccccc2)c2ccccc2Cl)NC(=O)OCC2c3ccccc3-c3ccccc32)C1. The number of hydrogen-bond acceptors (Lipinski definition) is 5. The van der Waals surface area contributed by atoms with Gasteiger partial charge < -0.3 is 19.7 Å². The molecule has 5 aromatic carbocycles. The zero-order chi connectivity index (χ0) is 36.3.